The number of nitrogens with one attached hydrogen (secondary N) is 1. The van der Waals surface area contributed by atoms with Crippen molar-refractivity contribution >= 4 is 22.7 Å². The number of nitrogens with zero attached hydrogens (tertiary/aromatic N) is 6. The summed E-state index contributed by atoms with van der Waals surface area (Å²) in [6.45, 7) is 0.278. The molecule has 35 heavy (non-hydrogen) atoms. The number of alkyl halides is 2. The maximum absolute atomic E-state index is 14.1. The topological polar surface area (TPSA) is 72.4 Å². The van der Waals surface area contributed by atoms with Gasteiger partial charge in [0, 0.05) is 39.0 Å². The fourth-order valence-electron chi connectivity index (χ4n) is 5.63. The molecule has 2 aromatic heterocycles. The third-order valence-corrected chi connectivity index (χ3v) is 7.55. The van der Waals surface area contributed by atoms with Crippen LogP contribution in [0, 0.1) is 5.82 Å². The van der Waals surface area contributed by atoms with Gasteiger partial charge in [-0.2, -0.15) is 0 Å². The number of anilines is 1. The van der Waals surface area contributed by atoms with Crippen LogP contribution in [0.3, 0.4) is 0 Å². The molecule has 8 nitrogen and oxygen atoms in total. The molecule has 0 spiro atoms. The molecule has 3 aliphatic rings. The molecule has 1 unspecified atom stereocenters. The van der Waals surface area contributed by atoms with Gasteiger partial charge in [0.1, 0.15) is 17.3 Å². The van der Waals surface area contributed by atoms with Crippen molar-refractivity contribution in [1.82, 2.24) is 23.6 Å². The summed E-state index contributed by atoms with van der Waals surface area (Å²) in [5, 5.41) is 3.40. The van der Waals surface area contributed by atoms with Gasteiger partial charge < -0.3 is 10.2 Å². The van der Waals surface area contributed by atoms with Crippen molar-refractivity contribution in [2.75, 3.05) is 18.4 Å². The van der Waals surface area contributed by atoms with Crippen molar-refractivity contribution in [2.45, 2.75) is 63.2 Å². The van der Waals surface area contributed by atoms with E-state index in [4.69, 9.17) is 4.99 Å². The summed E-state index contributed by atoms with van der Waals surface area (Å²) < 4.78 is 47.1. The molecule has 1 atom stereocenters. The van der Waals surface area contributed by atoms with Crippen molar-refractivity contribution in [3.8, 4) is 0 Å². The minimum absolute atomic E-state index is 0.0568. The molecule has 2 aliphatic heterocycles. The van der Waals surface area contributed by atoms with Crippen LogP contribution in [0.1, 0.15) is 63.0 Å². The van der Waals surface area contributed by atoms with Crippen LogP contribution in [0.2, 0.25) is 0 Å². The number of hydrogen-bond donors (Lipinski definition) is 1. The molecular weight excluding hydrogens is 459 g/mol. The summed E-state index contributed by atoms with van der Waals surface area (Å²) >= 11 is 0. The van der Waals surface area contributed by atoms with Crippen LogP contribution < -0.4 is 11.0 Å². The highest BCUT2D eigenvalue weighted by Crippen LogP contribution is 2.37. The van der Waals surface area contributed by atoms with E-state index in [2.05, 4.69) is 10.3 Å². The molecule has 3 aromatic rings. The van der Waals surface area contributed by atoms with Crippen LogP contribution in [-0.2, 0) is 7.05 Å². The second-order valence-corrected chi connectivity index (χ2v) is 9.80. The lowest BCUT2D eigenvalue weighted by Crippen LogP contribution is -2.45. The van der Waals surface area contributed by atoms with Crippen molar-refractivity contribution in [3.05, 3.63) is 46.5 Å². The van der Waals surface area contributed by atoms with Gasteiger partial charge in [-0.1, -0.05) is 19.3 Å². The predicted octanol–water partition coefficient (Wildman–Crippen LogP) is 4.24. The first kappa shape index (κ1) is 22.2. The summed E-state index contributed by atoms with van der Waals surface area (Å²) in [5.41, 5.74) is 1.64. The lowest BCUT2D eigenvalue weighted by Gasteiger charge is -2.37. The first-order valence-electron chi connectivity index (χ1n) is 12.2. The number of benzene rings is 1. The van der Waals surface area contributed by atoms with Gasteiger partial charge in [0.05, 0.1) is 17.4 Å². The summed E-state index contributed by atoms with van der Waals surface area (Å²) in [6, 6.07) is 4.41. The Morgan fingerprint density at radius 2 is 1.86 bits per heavy atom. The molecule has 2 fully saturated rings. The van der Waals surface area contributed by atoms with E-state index in [9.17, 15) is 18.0 Å². The molecule has 0 amide bonds. The molecule has 6 rings (SSSR count). The smallest absolute Gasteiger partial charge is 0.330 e. The van der Waals surface area contributed by atoms with Crippen LogP contribution in [0.25, 0.3) is 11.0 Å². The van der Waals surface area contributed by atoms with E-state index in [1.807, 2.05) is 9.47 Å². The highest BCUT2D eigenvalue weighted by atomic mass is 19.3. The number of halogens is 3. The van der Waals surface area contributed by atoms with E-state index >= 15 is 0 Å². The van der Waals surface area contributed by atoms with Gasteiger partial charge in [0.15, 0.2) is 5.84 Å². The van der Waals surface area contributed by atoms with Gasteiger partial charge in [-0.25, -0.2) is 27.9 Å². The van der Waals surface area contributed by atoms with Crippen molar-refractivity contribution < 1.29 is 13.2 Å². The lowest BCUT2D eigenvalue weighted by molar-refractivity contribution is -0.0435. The monoisotopic (exact) mass is 487 g/mol. The Kier molecular flexibility index (Phi) is 5.19. The first-order chi connectivity index (χ1) is 16.8. The Morgan fingerprint density at radius 1 is 1.11 bits per heavy atom. The van der Waals surface area contributed by atoms with E-state index in [1.165, 1.54) is 12.1 Å². The summed E-state index contributed by atoms with van der Waals surface area (Å²) in [4.78, 5) is 24.6. The third kappa shape index (κ3) is 3.71. The number of aromatic nitrogens is 4. The van der Waals surface area contributed by atoms with E-state index in [0.717, 1.165) is 32.1 Å². The SMILES string of the molecule is Cn1c2c(n(C3CCCCC3)c1=O)NC(n1cnc3ccc(F)cc31)N=C2N1CCC(F)(F)CC1. The Hall–Kier alpha value is -3.24. The summed E-state index contributed by atoms with van der Waals surface area (Å²) in [5.74, 6) is -1.96. The highest BCUT2D eigenvalue weighted by Gasteiger charge is 2.39. The van der Waals surface area contributed by atoms with E-state index in [-0.39, 0.29) is 37.7 Å². The van der Waals surface area contributed by atoms with Crippen LogP contribution in [0.15, 0.2) is 34.3 Å². The van der Waals surface area contributed by atoms with Crippen LogP contribution in [-0.4, -0.2) is 48.4 Å². The number of imidazole rings is 2. The molecule has 0 radical (unpaired) electrons. The number of hydrogen-bond acceptors (Lipinski definition) is 5. The van der Waals surface area contributed by atoms with Gasteiger partial charge >= 0.3 is 5.69 Å². The molecular formula is C24H28F3N7O. The normalized spacial score (nSPS) is 22.7. The molecule has 1 aliphatic carbocycles. The largest absolute Gasteiger partial charge is 0.354 e. The number of likely N-dealkylation sites (tertiary alicyclic amines) is 1. The predicted molar refractivity (Wildman–Crippen MR) is 126 cm³/mol. The second-order valence-electron chi connectivity index (χ2n) is 9.80. The minimum Gasteiger partial charge on any atom is -0.354 e. The number of fused-ring (bicyclic) bond motifs is 2. The first-order valence-corrected chi connectivity index (χ1v) is 12.2. The van der Waals surface area contributed by atoms with Gasteiger partial charge in [-0.15, -0.1) is 0 Å². The van der Waals surface area contributed by atoms with E-state index in [0.29, 0.717) is 28.4 Å². The Bertz CT molecular complexity index is 1360. The lowest BCUT2D eigenvalue weighted by atomic mass is 9.95. The zero-order valence-electron chi connectivity index (χ0n) is 19.6. The number of amidine groups is 1. The zero-order valence-corrected chi connectivity index (χ0v) is 19.6. The van der Waals surface area contributed by atoms with Crippen LogP contribution in [0.5, 0.6) is 0 Å². The fraction of sp³-hybridized carbons (Fsp3) is 0.542. The molecule has 1 aromatic carbocycles. The van der Waals surface area contributed by atoms with E-state index in [1.54, 1.807) is 28.6 Å². The molecule has 1 saturated heterocycles. The number of piperidine rings is 1. The standard InChI is InChI=1S/C24H28F3N7O/c1-31-19-20(32-11-9-24(26,27)10-12-32)29-22(33-14-28-17-8-7-15(25)13-18(17)33)30-21(19)34(23(31)35)16-5-3-2-4-6-16/h7-8,13-14,16,22,30H,2-6,9-12H2,1H3. The van der Waals surface area contributed by atoms with Crippen molar-refractivity contribution in [3.63, 3.8) is 0 Å². The van der Waals surface area contributed by atoms with Crippen molar-refractivity contribution in [2.24, 2.45) is 12.0 Å². The molecule has 1 saturated carbocycles. The van der Waals surface area contributed by atoms with E-state index < -0.39 is 18.0 Å². The Labute approximate surface area is 200 Å². The number of aliphatic imine (C=N–C) groups is 1. The maximum atomic E-state index is 14.1. The minimum atomic E-state index is -2.70. The van der Waals surface area contributed by atoms with Gasteiger partial charge in [0.25, 0.3) is 5.92 Å². The fourth-order valence-corrected chi connectivity index (χ4v) is 5.63. The quantitative estimate of drug-likeness (QED) is 0.587. The number of rotatable bonds is 2. The average Bonchev–Trinajstić information content (AvgIpc) is 3.37. The summed E-state index contributed by atoms with van der Waals surface area (Å²) in [7, 11) is 1.71. The second kappa shape index (κ2) is 8.17. The zero-order chi connectivity index (χ0) is 24.3. The van der Waals surface area contributed by atoms with Gasteiger partial charge in [0.2, 0.25) is 6.29 Å². The molecule has 1 N–H and O–H groups in total. The summed E-state index contributed by atoms with van der Waals surface area (Å²) in [6.07, 6.45) is 5.42. The van der Waals surface area contributed by atoms with Crippen LogP contribution >= 0.6 is 0 Å². The van der Waals surface area contributed by atoms with Gasteiger partial charge in [-0.05, 0) is 31.0 Å². The molecule has 186 valence electrons. The molecule has 11 heteroatoms. The van der Waals surface area contributed by atoms with Gasteiger partial charge in [-0.3, -0.25) is 13.7 Å². The Balaban J connectivity index is 1.49. The molecule has 4 heterocycles. The molecule has 0 bridgehead atoms. The average molecular weight is 488 g/mol. The highest BCUT2D eigenvalue weighted by molar-refractivity contribution is 6.03. The van der Waals surface area contributed by atoms with Crippen molar-refractivity contribution in [1.29, 1.82) is 0 Å². The van der Waals surface area contributed by atoms with Crippen LogP contribution in [0.4, 0.5) is 19.0 Å². The Morgan fingerprint density at radius 3 is 2.60 bits per heavy atom. The maximum Gasteiger partial charge on any atom is 0.330 e. The third-order valence-electron chi connectivity index (χ3n) is 7.55.